The van der Waals surface area contributed by atoms with E-state index in [1.165, 1.54) is 11.5 Å². The first-order valence-electron chi connectivity index (χ1n) is 9.90. The number of sulfonamides is 1. The van der Waals surface area contributed by atoms with Gasteiger partial charge in [0, 0.05) is 29.6 Å². The second-order valence-electron chi connectivity index (χ2n) is 7.68. The van der Waals surface area contributed by atoms with Crippen molar-refractivity contribution in [2.45, 2.75) is 63.2 Å². The molecule has 0 bridgehead atoms. The number of carbonyl (C=O) groups excluding carboxylic acids is 1. The molecule has 2 aromatic rings. The Balaban J connectivity index is 2.07. The van der Waals surface area contributed by atoms with Crippen LogP contribution in [0.5, 0.6) is 0 Å². The highest BCUT2D eigenvalue weighted by molar-refractivity contribution is 7.89. The van der Waals surface area contributed by atoms with Gasteiger partial charge in [0.05, 0.1) is 0 Å². The van der Waals surface area contributed by atoms with E-state index in [-0.39, 0.29) is 34.0 Å². The largest absolute Gasteiger partial charge is 0.404 e. The number of nitrogens with one attached hydrogen (secondary N) is 2. The van der Waals surface area contributed by atoms with Crippen LogP contribution >= 0.6 is 0 Å². The van der Waals surface area contributed by atoms with Crippen molar-refractivity contribution in [2.24, 2.45) is 0 Å². The van der Waals surface area contributed by atoms with Crippen LogP contribution in [0.2, 0.25) is 0 Å². The van der Waals surface area contributed by atoms with Crippen LogP contribution in [0.3, 0.4) is 0 Å². The number of amides is 1. The van der Waals surface area contributed by atoms with E-state index in [0.717, 1.165) is 24.6 Å². The Kier molecular flexibility index (Phi) is 6.66. The van der Waals surface area contributed by atoms with E-state index in [2.05, 4.69) is 5.32 Å². The molecule has 1 unspecified atom stereocenters. The monoisotopic (exact) mass is 479 g/mol. The third-order valence-electron chi connectivity index (χ3n) is 5.33. The minimum atomic E-state index is -4.79. The zero-order valence-electron chi connectivity index (χ0n) is 17.3. The second kappa shape index (κ2) is 8.81. The molecule has 1 aromatic carbocycles. The zero-order valence-corrected chi connectivity index (χ0v) is 18.1. The Morgan fingerprint density at radius 3 is 2.44 bits per heavy atom. The number of benzene rings is 1. The molecule has 2 heterocycles. The highest BCUT2D eigenvalue weighted by Crippen LogP contribution is 2.33. The van der Waals surface area contributed by atoms with Crippen LogP contribution in [0, 0.1) is 18.6 Å². The summed E-state index contributed by atoms with van der Waals surface area (Å²) in [6, 6.07) is 0.420. The van der Waals surface area contributed by atoms with E-state index in [9.17, 15) is 35.2 Å². The van der Waals surface area contributed by atoms with E-state index in [0.29, 0.717) is 26.3 Å². The van der Waals surface area contributed by atoms with Crippen molar-refractivity contribution in [1.82, 2.24) is 9.29 Å². The van der Waals surface area contributed by atoms with Crippen LogP contribution in [-0.2, 0) is 23.0 Å². The lowest BCUT2D eigenvalue weighted by Gasteiger charge is -2.18. The number of aromatic nitrogens is 1. The van der Waals surface area contributed by atoms with Crippen LogP contribution in [-0.4, -0.2) is 31.1 Å². The molecule has 6 nitrogen and oxygen atoms in total. The number of hydrogen-bond donors (Lipinski definition) is 2. The van der Waals surface area contributed by atoms with E-state index in [1.807, 2.05) is 0 Å². The Morgan fingerprint density at radius 1 is 1.12 bits per heavy atom. The Hall–Kier alpha value is -2.47. The van der Waals surface area contributed by atoms with Crippen molar-refractivity contribution < 1.29 is 35.2 Å². The number of anilines is 1. The predicted octanol–water partition coefficient (Wildman–Crippen LogP) is 4.28. The zero-order chi connectivity index (χ0) is 23.8. The van der Waals surface area contributed by atoms with Gasteiger partial charge in [0.15, 0.2) is 11.6 Å². The first-order chi connectivity index (χ1) is 14.8. The summed E-state index contributed by atoms with van der Waals surface area (Å²) in [5.41, 5.74) is 0.138. The van der Waals surface area contributed by atoms with Gasteiger partial charge in [-0.25, -0.2) is 17.2 Å². The number of nitrogens with zero attached hydrogens (tertiary/aromatic N) is 1. The molecule has 0 fully saturated rings. The molecule has 0 aliphatic carbocycles. The number of hydrogen-bond acceptors (Lipinski definition) is 3. The van der Waals surface area contributed by atoms with Crippen LogP contribution in [0.25, 0.3) is 0 Å². The number of rotatable bonds is 5. The lowest BCUT2D eigenvalue weighted by atomic mass is 10.1. The van der Waals surface area contributed by atoms with Gasteiger partial charge in [-0.2, -0.15) is 17.9 Å². The van der Waals surface area contributed by atoms with E-state index < -0.39 is 39.8 Å². The van der Waals surface area contributed by atoms with Crippen LogP contribution in [0.1, 0.15) is 47.9 Å². The fourth-order valence-electron chi connectivity index (χ4n) is 3.79. The van der Waals surface area contributed by atoms with Crippen molar-refractivity contribution in [3.63, 3.8) is 0 Å². The molecule has 1 aliphatic heterocycles. The van der Waals surface area contributed by atoms with Gasteiger partial charge in [0.1, 0.15) is 16.6 Å². The van der Waals surface area contributed by atoms with Gasteiger partial charge >= 0.3 is 6.18 Å². The minimum absolute atomic E-state index is 0.0103. The molecule has 1 amide bonds. The maximum Gasteiger partial charge on any atom is 0.404 e. The molecule has 0 saturated heterocycles. The first-order valence-corrected chi connectivity index (χ1v) is 11.4. The van der Waals surface area contributed by atoms with Gasteiger partial charge < -0.3 is 9.88 Å². The second-order valence-corrected chi connectivity index (χ2v) is 9.33. The minimum Gasteiger partial charge on any atom is -0.339 e. The molecule has 1 atom stereocenters. The summed E-state index contributed by atoms with van der Waals surface area (Å²) in [6.07, 6.45) is -2.54. The fourth-order valence-corrected chi connectivity index (χ4v) is 5.53. The van der Waals surface area contributed by atoms with Crippen molar-refractivity contribution in [2.75, 3.05) is 5.32 Å². The summed E-state index contributed by atoms with van der Waals surface area (Å²) in [7, 11) is -4.61. The summed E-state index contributed by atoms with van der Waals surface area (Å²) in [6.45, 7) is 2.33. The predicted molar refractivity (Wildman–Crippen MR) is 107 cm³/mol. The van der Waals surface area contributed by atoms with Crippen molar-refractivity contribution in [3.05, 3.63) is 46.8 Å². The molecule has 1 aliphatic rings. The summed E-state index contributed by atoms with van der Waals surface area (Å²) in [4.78, 5) is 12.6. The number of alkyl halides is 3. The molecule has 3 rings (SSSR count). The number of fused-ring (bicyclic) bond motifs is 1. The Labute approximate surface area is 181 Å². The van der Waals surface area contributed by atoms with Gasteiger partial charge in [-0.1, -0.05) is 6.42 Å². The molecular weight excluding hydrogens is 457 g/mol. The molecule has 0 spiro atoms. The number of halogens is 5. The Morgan fingerprint density at radius 2 is 1.81 bits per heavy atom. The average molecular weight is 479 g/mol. The third-order valence-corrected chi connectivity index (χ3v) is 7.08. The van der Waals surface area contributed by atoms with Gasteiger partial charge in [-0.05, 0) is 45.2 Å². The smallest absolute Gasteiger partial charge is 0.339 e. The van der Waals surface area contributed by atoms with Crippen molar-refractivity contribution in [3.8, 4) is 0 Å². The van der Waals surface area contributed by atoms with Crippen LogP contribution in [0.4, 0.5) is 27.6 Å². The summed E-state index contributed by atoms with van der Waals surface area (Å²) >= 11 is 0. The third kappa shape index (κ3) is 4.80. The van der Waals surface area contributed by atoms with E-state index >= 15 is 0 Å². The SMILES string of the molecule is Cc1c(S(=O)(=O)NC(C)C(F)(F)F)c2n(c1C(=O)Nc1ccc(F)c(F)c1)CCCCC2. The Bertz CT molecular complexity index is 1140. The van der Waals surface area contributed by atoms with Gasteiger partial charge in [-0.15, -0.1) is 0 Å². The van der Waals surface area contributed by atoms with Gasteiger partial charge in [-0.3, -0.25) is 4.79 Å². The lowest BCUT2D eigenvalue weighted by Crippen LogP contribution is -2.43. The topological polar surface area (TPSA) is 80.2 Å². The summed E-state index contributed by atoms with van der Waals surface area (Å²) < 4.78 is 94.6. The first kappa shape index (κ1) is 24.2. The average Bonchev–Trinajstić information content (AvgIpc) is 2.80. The molecule has 1 aromatic heterocycles. The highest BCUT2D eigenvalue weighted by Gasteiger charge is 2.41. The molecule has 176 valence electrons. The summed E-state index contributed by atoms with van der Waals surface area (Å²) in [5, 5.41) is 2.41. The van der Waals surface area contributed by atoms with Gasteiger partial charge in [0.25, 0.3) is 5.91 Å². The lowest BCUT2D eigenvalue weighted by molar-refractivity contribution is -0.147. The highest BCUT2D eigenvalue weighted by atomic mass is 32.2. The fraction of sp³-hybridized carbons (Fsp3) is 0.450. The van der Waals surface area contributed by atoms with Gasteiger partial charge in [0.2, 0.25) is 10.0 Å². The van der Waals surface area contributed by atoms with E-state index in [1.54, 1.807) is 4.72 Å². The maximum atomic E-state index is 13.5. The number of carbonyl (C=O) groups is 1. The molecule has 2 N–H and O–H groups in total. The summed E-state index contributed by atoms with van der Waals surface area (Å²) in [5.74, 6) is -3.06. The van der Waals surface area contributed by atoms with Crippen LogP contribution < -0.4 is 10.0 Å². The van der Waals surface area contributed by atoms with Crippen molar-refractivity contribution >= 4 is 21.6 Å². The van der Waals surface area contributed by atoms with E-state index in [4.69, 9.17) is 0 Å². The molecule has 0 saturated carbocycles. The van der Waals surface area contributed by atoms with Crippen LogP contribution in [0.15, 0.2) is 23.1 Å². The molecular formula is C20H22F5N3O3S. The molecule has 32 heavy (non-hydrogen) atoms. The maximum absolute atomic E-state index is 13.5. The normalized spacial score (nSPS) is 15.7. The quantitative estimate of drug-likeness (QED) is 0.629. The van der Waals surface area contributed by atoms with Crippen molar-refractivity contribution in [1.29, 1.82) is 0 Å². The molecule has 12 heteroatoms. The standard InChI is InChI=1S/C20H22F5N3O3S/c1-11-17(19(29)26-13-7-8-14(21)15(22)10-13)28-9-5-3-4-6-16(28)18(11)32(30,31)27-12(2)20(23,24)25/h7-8,10,12,27H,3-6,9H2,1-2H3,(H,26,29). The molecule has 0 radical (unpaired) electrons.